The van der Waals surface area contributed by atoms with Gasteiger partial charge in [-0.1, -0.05) is 41.9 Å². The molecule has 2 aromatic heterocycles. The molecule has 0 aliphatic carbocycles. The van der Waals surface area contributed by atoms with Gasteiger partial charge in [0.15, 0.2) is 0 Å². The van der Waals surface area contributed by atoms with Gasteiger partial charge in [0.2, 0.25) is 5.95 Å². The van der Waals surface area contributed by atoms with Crippen LogP contribution in [0.3, 0.4) is 0 Å². The summed E-state index contributed by atoms with van der Waals surface area (Å²) in [5, 5.41) is 13.4. The van der Waals surface area contributed by atoms with Crippen LogP contribution in [0.2, 0.25) is 5.15 Å². The maximum absolute atomic E-state index is 9.76. The maximum Gasteiger partial charge on any atom is 0.227 e. The van der Waals surface area contributed by atoms with Gasteiger partial charge in [-0.2, -0.15) is 0 Å². The summed E-state index contributed by atoms with van der Waals surface area (Å²) in [6.07, 6.45) is 3.33. The lowest BCUT2D eigenvalue weighted by Gasteiger charge is -2.13. The van der Waals surface area contributed by atoms with Crippen molar-refractivity contribution < 1.29 is 9.84 Å². The lowest BCUT2D eigenvalue weighted by Crippen LogP contribution is -2.01. The molecule has 0 amide bonds. The summed E-state index contributed by atoms with van der Waals surface area (Å²) in [7, 11) is 0. The van der Waals surface area contributed by atoms with E-state index in [1.807, 2.05) is 54.6 Å². The molecule has 0 fully saturated rings. The third kappa shape index (κ3) is 4.92. The highest BCUT2D eigenvalue weighted by atomic mass is 35.5. The van der Waals surface area contributed by atoms with E-state index < -0.39 is 0 Å². The van der Waals surface area contributed by atoms with E-state index in [1.54, 1.807) is 24.5 Å². The normalized spacial score (nSPS) is 10.6. The number of aliphatic hydroxyl groups is 1. The Hall–Kier alpha value is -3.48. The van der Waals surface area contributed by atoms with Crippen molar-refractivity contribution in [3.05, 3.63) is 95.4 Å². The molecule has 0 aliphatic rings. The van der Waals surface area contributed by atoms with Gasteiger partial charge in [0.05, 0.1) is 12.3 Å². The van der Waals surface area contributed by atoms with Gasteiger partial charge in [-0.15, -0.1) is 0 Å². The summed E-state index contributed by atoms with van der Waals surface area (Å²) in [6.45, 7) is 0.290. The average molecular weight is 419 g/mol. The number of aliphatic hydroxyl groups excluding tert-OH is 1. The molecular formula is C23H19ClN4O2. The fraction of sp³-hybridized carbons (Fsp3) is 0.0870. The zero-order valence-corrected chi connectivity index (χ0v) is 16.8. The zero-order chi connectivity index (χ0) is 20.8. The van der Waals surface area contributed by atoms with Crippen LogP contribution in [0.5, 0.6) is 5.75 Å². The first kappa shape index (κ1) is 19.8. The van der Waals surface area contributed by atoms with Crippen molar-refractivity contribution >= 4 is 23.2 Å². The standard InChI is InChI=1S/C23H19ClN4O2/c24-22-9-6-17(13-26-22)20-10-11-25-23(28-20)27-19-7-8-21(18(12-19)14-29)30-15-16-4-2-1-3-5-16/h1-13,29H,14-15H2,(H,25,27,28). The van der Waals surface area contributed by atoms with E-state index in [4.69, 9.17) is 16.3 Å². The molecule has 0 bridgehead atoms. The predicted molar refractivity (Wildman–Crippen MR) is 117 cm³/mol. The molecule has 0 radical (unpaired) electrons. The number of rotatable bonds is 7. The third-order valence-corrected chi connectivity index (χ3v) is 4.63. The molecule has 2 heterocycles. The molecule has 0 saturated heterocycles. The molecule has 4 rings (SSSR count). The van der Waals surface area contributed by atoms with Gasteiger partial charge >= 0.3 is 0 Å². The summed E-state index contributed by atoms with van der Waals surface area (Å²) >= 11 is 5.85. The van der Waals surface area contributed by atoms with Crippen LogP contribution in [-0.4, -0.2) is 20.1 Å². The Morgan fingerprint density at radius 2 is 1.83 bits per heavy atom. The first-order chi connectivity index (χ1) is 14.7. The number of pyridine rings is 1. The Labute approximate surface area is 179 Å². The van der Waals surface area contributed by atoms with Crippen molar-refractivity contribution in [3.8, 4) is 17.0 Å². The summed E-state index contributed by atoms with van der Waals surface area (Å²) in [5.41, 5.74) is 4.05. The molecule has 2 aromatic carbocycles. The number of nitrogens with zero attached hydrogens (tertiary/aromatic N) is 3. The maximum atomic E-state index is 9.76. The molecule has 0 unspecified atom stereocenters. The first-order valence-electron chi connectivity index (χ1n) is 9.34. The van der Waals surface area contributed by atoms with Crippen molar-refractivity contribution in [1.82, 2.24) is 15.0 Å². The highest BCUT2D eigenvalue weighted by Gasteiger charge is 2.08. The van der Waals surface area contributed by atoms with Crippen molar-refractivity contribution in [2.75, 3.05) is 5.32 Å². The monoisotopic (exact) mass is 418 g/mol. The lowest BCUT2D eigenvalue weighted by atomic mass is 10.2. The Morgan fingerprint density at radius 3 is 2.60 bits per heavy atom. The molecule has 0 saturated carbocycles. The minimum Gasteiger partial charge on any atom is -0.489 e. The van der Waals surface area contributed by atoms with E-state index in [9.17, 15) is 5.11 Å². The Kier molecular flexibility index (Phi) is 6.17. The van der Waals surface area contributed by atoms with Crippen molar-refractivity contribution in [3.63, 3.8) is 0 Å². The highest BCUT2D eigenvalue weighted by molar-refractivity contribution is 6.29. The summed E-state index contributed by atoms with van der Waals surface area (Å²) in [6, 6.07) is 20.8. The molecule has 30 heavy (non-hydrogen) atoms. The number of nitrogens with one attached hydrogen (secondary N) is 1. The fourth-order valence-corrected chi connectivity index (χ4v) is 3.00. The highest BCUT2D eigenvalue weighted by Crippen LogP contribution is 2.26. The van der Waals surface area contributed by atoms with Gasteiger partial charge in [0.25, 0.3) is 0 Å². The number of aromatic nitrogens is 3. The summed E-state index contributed by atoms with van der Waals surface area (Å²) in [4.78, 5) is 12.9. The van der Waals surface area contributed by atoms with E-state index in [0.717, 1.165) is 22.5 Å². The van der Waals surface area contributed by atoms with E-state index >= 15 is 0 Å². The van der Waals surface area contributed by atoms with Crippen LogP contribution in [0.15, 0.2) is 79.1 Å². The van der Waals surface area contributed by atoms with Gasteiger partial charge in [0.1, 0.15) is 17.5 Å². The van der Waals surface area contributed by atoms with E-state index in [1.165, 1.54) is 0 Å². The first-order valence-corrected chi connectivity index (χ1v) is 9.71. The smallest absolute Gasteiger partial charge is 0.227 e. The number of hydrogen-bond donors (Lipinski definition) is 2. The fourth-order valence-electron chi connectivity index (χ4n) is 2.89. The van der Waals surface area contributed by atoms with E-state index in [-0.39, 0.29) is 6.61 Å². The lowest BCUT2D eigenvalue weighted by molar-refractivity contribution is 0.259. The molecule has 0 spiro atoms. The number of ether oxygens (including phenoxy) is 1. The Balaban J connectivity index is 1.49. The van der Waals surface area contributed by atoms with Crippen LogP contribution in [-0.2, 0) is 13.2 Å². The molecule has 7 heteroatoms. The topological polar surface area (TPSA) is 80.2 Å². The van der Waals surface area contributed by atoms with E-state index in [2.05, 4.69) is 20.3 Å². The second-order valence-electron chi connectivity index (χ2n) is 6.51. The van der Waals surface area contributed by atoms with Crippen LogP contribution < -0.4 is 10.1 Å². The number of anilines is 2. The quantitative estimate of drug-likeness (QED) is 0.411. The Bertz CT molecular complexity index is 1120. The molecule has 0 aliphatic heterocycles. The third-order valence-electron chi connectivity index (χ3n) is 4.40. The molecule has 150 valence electrons. The number of halogens is 1. The van der Waals surface area contributed by atoms with Gasteiger partial charge in [-0.25, -0.2) is 15.0 Å². The van der Waals surface area contributed by atoms with Crippen LogP contribution in [0.4, 0.5) is 11.6 Å². The summed E-state index contributed by atoms with van der Waals surface area (Å²) in [5.74, 6) is 1.07. The minimum atomic E-state index is -0.142. The van der Waals surface area contributed by atoms with Crippen molar-refractivity contribution in [1.29, 1.82) is 0 Å². The average Bonchev–Trinajstić information content (AvgIpc) is 2.79. The van der Waals surface area contributed by atoms with Gasteiger partial charge in [-0.05, 0) is 42.0 Å². The second-order valence-corrected chi connectivity index (χ2v) is 6.90. The van der Waals surface area contributed by atoms with Crippen LogP contribution in [0.1, 0.15) is 11.1 Å². The Morgan fingerprint density at radius 1 is 0.967 bits per heavy atom. The molecule has 0 atom stereocenters. The van der Waals surface area contributed by atoms with Crippen LogP contribution in [0, 0.1) is 0 Å². The number of hydrogen-bond acceptors (Lipinski definition) is 6. The van der Waals surface area contributed by atoms with Gasteiger partial charge < -0.3 is 15.2 Å². The van der Waals surface area contributed by atoms with Gasteiger partial charge in [0, 0.05) is 29.2 Å². The van der Waals surface area contributed by atoms with Crippen LogP contribution in [0.25, 0.3) is 11.3 Å². The largest absolute Gasteiger partial charge is 0.489 e. The van der Waals surface area contributed by atoms with Crippen LogP contribution >= 0.6 is 11.6 Å². The molecule has 6 nitrogen and oxygen atoms in total. The SMILES string of the molecule is OCc1cc(Nc2nccc(-c3ccc(Cl)nc3)n2)ccc1OCc1ccccc1. The molecule has 4 aromatic rings. The van der Waals surface area contributed by atoms with Gasteiger partial charge in [-0.3, -0.25) is 0 Å². The summed E-state index contributed by atoms with van der Waals surface area (Å²) < 4.78 is 5.87. The zero-order valence-electron chi connectivity index (χ0n) is 16.0. The van der Waals surface area contributed by atoms with E-state index in [0.29, 0.717) is 29.0 Å². The second kappa shape index (κ2) is 9.35. The predicted octanol–water partition coefficient (Wildman–Crippen LogP) is 5.01. The van der Waals surface area contributed by atoms with Crippen molar-refractivity contribution in [2.24, 2.45) is 0 Å². The minimum absolute atomic E-state index is 0.142. The number of benzene rings is 2. The molecule has 2 N–H and O–H groups in total. The van der Waals surface area contributed by atoms with Crippen molar-refractivity contribution in [2.45, 2.75) is 13.2 Å². The molecular weight excluding hydrogens is 400 g/mol.